The summed E-state index contributed by atoms with van der Waals surface area (Å²) >= 11 is 0. The molecule has 1 aliphatic heterocycles. The van der Waals surface area contributed by atoms with Crippen molar-refractivity contribution in [3.05, 3.63) is 76.9 Å². The topological polar surface area (TPSA) is 81.7 Å². The lowest BCUT2D eigenvalue weighted by atomic mass is 9.69. The fraction of sp³-hybridized carbons (Fsp3) is 0.429. The number of hydrogen-bond donors (Lipinski definition) is 3. The number of likely N-dealkylation sites (tertiary alicyclic amines) is 1. The van der Waals surface area contributed by atoms with Gasteiger partial charge in [-0.1, -0.05) is 42.5 Å². The summed E-state index contributed by atoms with van der Waals surface area (Å²) in [6.45, 7) is 0.584. The molecule has 0 bridgehead atoms. The van der Waals surface area contributed by atoms with E-state index in [0.717, 1.165) is 43.9 Å². The van der Waals surface area contributed by atoms with E-state index in [1.54, 1.807) is 0 Å². The Kier molecular flexibility index (Phi) is 6.85. The quantitative estimate of drug-likeness (QED) is 0.572. The minimum absolute atomic E-state index is 0.0941. The highest BCUT2D eigenvalue weighted by molar-refractivity contribution is 5.96. The average Bonchev–Trinajstić information content (AvgIpc) is 3.43. The lowest BCUT2D eigenvalue weighted by molar-refractivity contribution is -0.137. The summed E-state index contributed by atoms with van der Waals surface area (Å²) in [5, 5.41) is 15.7. The van der Waals surface area contributed by atoms with E-state index in [1.165, 1.54) is 17.2 Å². The molecule has 1 saturated heterocycles. The van der Waals surface area contributed by atoms with Crippen molar-refractivity contribution in [2.45, 2.75) is 55.5 Å². The Balaban J connectivity index is 1.10. The molecule has 0 unspecified atom stereocenters. The zero-order valence-electron chi connectivity index (χ0n) is 20.3. The van der Waals surface area contributed by atoms with Gasteiger partial charge in [-0.3, -0.25) is 14.5 Å². The van der Waals surface area contributed by atoms with Crippen molar-refractivity contribution >= 4 is 17.9 Å². The molecule has 9 heteroatoms. The van der Waals surface area contributed by atoms with Crippen LogP contribution in [0, 0.1) is 0 Å². The summed E-state index contributed by atoms with van der Waals surface area (Å²) in [6, 6.07) is 12.4. The summed E-state index contributed by atoms with van der Waals surface area (Å²) in [7, 11) is 0. The van der Waals surface area contributed by atoms with Crippen molar-refractivity contribution in [2.75, 3.05) is 19.6 Å². The first-order valence-corrected chi connectivity index (χ1v) is 12.6. The van der Waals surface area contributed by atoms with E-state index < -0.39 is 42.2 Å². The molecule has 2 fully saturated rings. The molecule has 0 radical (unpaired) electrons. The zero-order chi connectivity index (χ0) is 26.2. The number of fused-ring (bicyclic) bond motifs is 2. The third-order valence-electron chi connectivity index (χ3n) is 7.97. The monoisotopic (exact) mass is 513 g/mol. The number of hydrogen-bond acceptors (Lipinski definition) is 4. The first-order chi connectivity index (χ1) is 17.6. The number of nitrogens with one attached hydrogen (secondary N) is 2. The second-order valence-corrected chi connectivity index (χ2v) is 10.3. The van der Waals surface area contributed by atoms with Crippen LogP contribution in [-0.4, -0.2) is 59.6 Å². The van der Waals surface area contributed by atoms with E-state index in [1.807, 2.05) is 0 Å². The van der Waals surface area contributed by atoms with Crippen molar-refractivity contribution in [3.8, 4) is 0 Å². The molecule has 3 aliphatic rings. The van der Waals surface area contributed by atoms with Crippen LogP contribution in [0.2, 0.25) is 0 Å². The first kappa shape index (κ1) is 25.5. The van der Waals surface area contributed by atoms with Gasteiger partial charge in [-0.15, -0.1) is 0 Å². The highest BCUT2D eigenvalue weighted by Crippen LogP contribution is 2.47. The summed E-state index contributed by atoms with van der Waals surface area (Å²) in [6.07, 6.45) is 3.34. The number of β-amino-alcohol motifs (C(OH)–C–C–N with tert-alkyl or cyclic N) is 1. The first-order valence-electron chi connectivity index (χ1n) is 12.6. The van der Waals surface area contributed by atoms with Crippen LogP contribution in [0.25, 0.3) is 6.08 Å². The van der Waals surface area contributed by atoms with E-state index in [0.29, 0.717) is 19.1 Å². The van der Waals surface area contributed by atoms with Crippen LogP contribution >= 0.6 is 0 Å². The molecule has 1 spiro atoms. The van der Waals surface area contributed by atoms with E-state index in [4.69, 9.17) is 0 Å². The molecular formula is C28H30F3N3O3. The Bertz CT molecular complexity index is 1200. The zero-order valence-corrected chi connectivity index (χ0v) is 20.3. The molecular weight excluding hydrogens is 483 g/mol. The van der Waals surface area contributed by atoms with Gasteiger partial charge in [0.2, 0.25) is 5.91 Å². The molecule has 3 N–H and O–H groups in total. The average molecular weight is 514 g/mol. The number of allylic oxidation sites excluding steroid dienone is 1. The van der Waals surface area contributed by atoms with Crippen molar-refractivity contribution in [3.63, 3.8) is 0 Å². The van der Waals surface area contributed by atoms with Crippen LogP contribution in [0.1, 0.15) is 52.7 Å². The Hall–Kier alpha value is -3.17. The molecule has 1 heterocycles. The largest absolute Gasteiger partial charge is 0.416 e. The molecule has 196 valence electrons. The van der Waals surface area contributed by atoms with Crippen LogP contribution in [0.15, 0.2) is 54.6 Å². The van der Waals surface area contributed by atoms with Crippen LogP contribution in [0.4, 0.5) is 13.2 Å². The maximum atomic E-state index is 12.9. The Morgan fingerprint density at radius 3 is 2.57 bits per heavy atom. The van der Waals surface area contributed by atoms with Gasteiger partial charge in [0, 0.05) is 30.1 Å². The maximum absolute atomic E-state index is 12.9. The van der Waals surface area contributed by atoms with Gasteiger partial charge in [-0.05, 0) is 55.0 Å². The predicted molar refractivity (Wildman–Crippen MR) is 133 cm³/mol. The molecule has 37 heavy (non-hydrogen) atoms. The summed E-state index contributed by atoms with van der Waals surface area (Å²) in [5.41, 5.74) is 1.68. The normalized spacial score (nSPS) is 27.3. The van der Waals surface area contributed by atoms with Crippen LogP contribution < -0.4 is 10.6 Å². The van der Waals surface area contributed by atoms with Crippen LogP contribution in [0.3, 0.4) is 0 Å². The standard InChI is InChI=1S/C28H30F3N3O3/c29-28(30,31)20-6-3-5-19(14-20)26(37)32-15-25(36)33-23-16-34(17-24(23)35)21-9-12-27(13-10-21)11-8-18-4-1-2-7-22(18)27/h1-8,11,14,21,23-24,35H,9-10,12-13,15-17H2,(H,32,37)(H,33,36)/t21?,23-,24-,27?/m0/s1. The molecule has 2 aromatic rings. The Morgan fingerprint density at radius 2 is 1.81 bits per heavy atom. The molecule has 1 saturated carbocycles. The molecule has 2 aliphatic carbocycles. The molecule has 6 nitrogen and oxygen atoms in total. The van der Waals surface area contributed by atoms with Gasteiger partial charge in [0.25, 0.3) is 5.91 Å². The highest BCUT2D eigenvalue weighted by Gasteiger charge is 2.42. The van der Waals surface area contributed by atoms with E-state index in [2.05, 4.69) is 52.0 Å². The summed E-state index contributed by atoms with van der Waals surface area (Å²) in [5.74, 6) is -1.27. The SMILES string of the molecule is O=C(CNC(=O)c1cccc(C(F)(F)F)c1)N[C@H]1CN(C2CCC3(C=Cc4ccccc43)CC2)C[C@@H]1O. The maximum Gasteiger partial charge on any atom is 0.416 e. The minimum atomic E-state index is -4.56. The lowest BCUT2D eigenvalue weighted by Crippen LogP contribution is -2.47. The van der Waals surface area contributed by atoms with Crippen molar-refractivity contribution in [1.82, 2.24) is 15.5 Å². The Morgan fingerprint density at radius 1 is 1.05 bits per heavy atom. The Labute approximate surface area is 213 Å². The second kappa shape index (κ2) is 9.95. The number of amides is 2. The second-order valence-electron chi connectivity index (χ2n) is 10.3. The van der Waals surface area contributed by atoms with E-state index in [-0.39, 0.29) is 11.0 Å². The third kappa shape index (κ3) is 5.29. The number of nitrogens with zero attached hydrogens (tertiary/aromatic N) is 1. The summed E-state index contributed by atoms with van der Waals surface area (Å²) in [4.78, 5) is 26.9. The van der Waals surface area contributed by atoms with Gasteiger partial charge in [-0.25, -0.2) is 0 Å². The van der Waals surface area contributed by atoms with Crippen molar-refractivity contribution < 1.29 is 27.9 Å². The van der Waals surface area contributed by atoms with Crippen molar-refractivity contribution in [1.29, 1.82) is 0 Å². The van der Waals surface area contributed by atoms with Gasteiger partial charge in [0.15, 0.2) is 0 Å². The minimum Gasteiger partial charge on any atom is -0.390 e. The molecule has 2 aromatic carbocycles. The van der Waals surface area contributed by atoms with Crippen LogP contribution in [0.5, 0.6) is 0 Å². The number of benzene rings is 2. The van der Waals surface area contributed by atoms with E-state index >= 15 is 0 Å². The number of aliphatic hydroxyl groups excluding tert-OH is 1. The van der Waals surface area contributed by atoms with Gasteiger partial charge in [0.05, 0.1) is 24.3 Å². The van der Waals surface area contributed by atoms with Gasteiger partial charge >= 0.3 is 6.18 Å². The fourth-order valence-corrected chi connectivity index (χ4v) is 5.97. The smallest absolute Gasteiger partial charge is 0.390 e. The molecule has 2 atom stereocenters. The van der Waals surface area contributed by atoms with E-state index in [9.17, 15) is 27.9 Å². The number of carbonyl (C=O) groups is 2. The third-order valence-corrected chi connectivity index (χ3v) is 7.97. The lowest BCUT2D eigenvalue weighted by Gasteiger charge is -2.40. The molecule has 5 rings (SSSR count). The van der Waals surface area contributed by atoms with Crippen LogP contribution in [-0.2, 0) is 16.4 Å². The number of halogens is 3. The molecule has 0 aromatic heterocycles. The van der Waals surface area contributed by atoms with Crippen molar-refractivity contribution in [2.24, 2.45) is 0 Å². The summed E-state index contributed by atoms with van der Waals surface area (Å²) < 4.78 is 38.7. The number of aliphatic hydroxyl groups is 1. The van der Waals surface area contributed by atoms with Gasteiger partial charge in [0.1, 0.15) is 0 Å². The number of alkyl halides is 3. The fourth-order valence-electron chi connectivity index (χ4n) is 5.97. The molecule has 2 amide bonds. The van der Waals surface area contributed by atoms with Gasteiger partial charge < -0.3 is 15.7 Å². The highest BCUT2D eigenvalue weighted by atomic mass is 19.4. The predicted octanol–water partition coefficient (Wildman–Crippen LogP) is 3.50. The number of rotatable bonds is 5. The van der Waals surface area contributed by atoms with Gasteiger partial charge in [-0.2, -0.15) is 13.2 Å². The number of carbonyl (C=O) groups excluding carboxylic acids is 2.